The van der Waals surface area contributed by atoms with Gasteiger partial charge in [-0.05, 0) is 36.4 Å². The first-order valence-corrected chi connectivity index (χ1v) is 6.17. The molecule has 94 valence electrons. The van der Waals surface area contributed by atoms with Gasteiger partial charge in [-0.2, -0.15) is 0 Å². The summed E-state index contributed by atoms with van der Waals surface area (Å²) in [5.74, 6) is -0.00828. The maximum absolute atomic E-state index is 12.0. The summed E-state index contributed by atoms with van der Waals surface area (Å²) in [6.07, 6.45) is 4.00. The Kier molecular flexibility index (Phi) is 2.80. The van der Waals surface area contributed by atoms with E-state index in [1.54, 1.807) is 7.11 Å². The molecule has 1 aromatic heterocycles. The van der Waals surface area contributed by atoms with Crippen LogP contribution in [0.1, 0.15) is 23.2 Å². The summed E-state index contributed by atoms with van der Waals surface area (Å²) in [5.41, 5.74) is 1.69. The molecule has 4 heteroatoms. The first-order chi connectivity index (χ1) is 8.76. The van der Waals surface area contributed by atoms with Crippen LogP contribution in [-0.2, 0) is 4.74 Å². The minimum absolute atomic E-state index is 0.00828. The number of carbonyl (C=O) groups is 1. The quantitative estimate of drug-likeness (QED) is 0.868. The molecule has 1 heterocycles. The van der Waals surface area contributed by atoms with E-state index < -0.39 is 0 Å². The normalized spacial score (nSPS) is 22.7. The van der Waals surface area contributed by atoms with Gasteiger partial charge in [-0.1, -0.05) is 6.07 Å². The molecule has 0 unspecified atom stereocenters. The first-order valence-electron chi connectivity index (χ1n) is 6.17. The molecule has 0 aliphatic heterocycles. The van der Waals surface area contributed by atoms with E-state index in [0.29, 0.717) is 11.7 Å². The summed E-state index contributed by atoms with van der Waals surface area (Å²) < 4.78 is 5.19. The van der Waals surface area contributed by atoms with E-state index in [-0.39, 0.29) is 11.9 Å². The number of fused-ring (bicyclic) bond motifs is 1. The molecule has 0 radical (unpaired) electrons. The fourth-order valence-corrected chi connectivity index (χ4v) is 2.33. The van der Waals surface area contributed by atoms with Crippen molar-refractivity contribution < 1.29 is 9.53 Å². The third kappa shape index (κ3) is 1.99. The predicted octanol–water partition coefficient (Wildman–Crippen LogP) is 2.08. The molecule has 0 bridgehead atoms. The molecule has 0 saturated heterocycles. The number of hydrogen-bond donors (Lipinski definition) is 2. The molecule has 1 aromatic carbocycles. The van der Waals surface area contributed by atoms with Crippen molar-refractivity contribution in [3.63, 3.8) is 0 Å². The van der Waals surface area contributed by atoms with Crippen molar-refractivity contribution >= 4 is 16.8 Å². The third-order valence-corrected chi connectivity index (χ3v) is 3.58. The highest BCUT2D eigenvalue weighted by atomic mass is 16.5. The minimum Gasteiger partial charge on any atom is -0.381 e. The van der Waals surface area contributed by atoms with E-state index in [0.717, 1.165) is 23.7 Å². The molecule has 1 saturated carbocycles. The zero-order chi connectivity index (χ0) is 12.5. The van der Waals surface area contributed by atoms with Crippen molar-refractivity contribution in [2.45, 2.75) is 25.0 Å². The van der Waals surface area contributed by atoms with Gasteiger partial charge >= 0.3 is 0 Å². The molecule has 0 atom stereocenters. The number of rotatable bonds is 3. The second kappa shape index (κ2) is 4.46. The third-order valence-electron chi connectivity index (χ3n) is 3.58. The Morgan fingerprint density at radius 1 is 1.39 bits per heavy atom. The molecule has 2 aromatic rings. The number of aromatic amines is 1. The van der Waals surface area contributed by atoms with E-state index in [9.17, 15) is 4.79 Å². The van der Waals surface area contributed by atoms with Gasteiger partial charge < -0.3 is 15.0 Å². The Balaban J connectivity index is 1.68. The number of amides is 1. The largest absolute Gasteiger partial charge is 0.381 e. The average molecular weight is 244 g/mol. The molecule has 4 nitrogen and oxygen atoms in total. The number of benzene rings is 1. The van der Waals surface area contributed by atoms with Gasteiger partial charge in [0.25, 0.3) is 5.91 Å². The molecule has 1 aliphatic carbocycles. The minimum atomic E-state index is -0.00828. The van der Waals surface area contributed by atoms with Crippen LogP contribution in [0.15, 0.2) is 30.5 Å². The van der Waals surface area contributed by atoms with Crippen LogP contribution in [0.3, 0.4) is 0 Å². The predicted molar refractivity (Wildman–Crippen MR) is 69.6 cm³/mol. The highest BCUT2D eigenvalue weighted by Crippen LogP contribution is 2.23. The summed E-state index contributed by atoms with van der Waals surface area (Å²) >= 11 is 0. The number of carbonyl (C=O) groups excluding carboxylic acids is 1. The fourth-order valence-electron chi connectivity index (χ4n) is 2.33. The topological polar surface area (TPSA) is 54.1 Å². The van der Waals surface area contributed by atoms with Crippen molar-refractivity contribution in [3.05, 3.63) is 36.0 Å². The lowest BCUT2D eigenvalue weighted by Gasteiger charge is -2.34. The van der Waals surface area contributed by atoms with Crippen molar-refractivity contribution in [2.75, 3.05) is 7.11 Å². The van der Waals surface area contributed by atoms with Crippen LogP contribution in [0.5, 0.6) is 0 Å². The van der Waals surface area contributed by atoms with Gasteiger partial charge in [0, 0.05) is 30.4 Å². The summed E-state index contributed by atoms with van der Waals surface area (Å²) in [5, 5.41) is 4.14. The summed E-state index contributed by atoms with van der Waals surface area (Å²) in [7, 11) is 1.71. The standard InChI is InChI=1S/C14H16N2O2/c1-18-12-7-11(8-12)16-14(17)10-3-2-9-4-5-15-13(9)6-10/h2-6,11-12,15H,7-8H2,1H3,(H,16,17). The summed E-state index contributed by atoms with van der Waals surface area (Å²) in [4.78, 5) is 15.2. The molecule has 1 fully saturated rings. The lowest BCUT2D eigenvalue weighted by Crippen LogP contribution is -2.47. The Bertz CT molecular complexity index is 570. The molecule has 3 rings (SSSR count). The Hall–Kier alpha value is -1.81. The van der Waals surface area contributed by atoms with Crippen molar-refractivity contribution in [1.82, 2.24) is 10.3 Å². The SMILES string of the molecule is COC1CC(NC(=O)c2ccc3cc[nH]c3c2)C1. The Labute approximate surface area is 105 Å². The van der Waals surface area contributed by atoms with Crippen LogP contribution >= 0.6 is 0 Å². The number of nitrogens with one attached hydrogen (secondary N) is 2. The highest BCUT2D eigenvalue weighted by Gasteiger charge is 2.30. The van der Waals surface area contributed by atoms with Crippen LogP contribution in [0.4, 0.5) is 0 Å². The van der Waals surface area contributed by atoms with E-state index in [1.807, 2.05) is 30.5 Å². The number of aromatic nitrogens is 1. The maximum atomic E-state index is 12.0. The Morgan fingerprint density at radius 2 is 2.22 bits per heavy atom. The van der Waals surface area contributed by atoms with Crippen molar-refractivity contribution in [3.8, 4) is 0 Å². The van der Waals surface area contributed by atoms with Crippen LogP contribution in [0.2, 0.25) is 0 Å². The second-order valence-electron chi connectivity index (χ2n) is 4.78. The van der Waals surface area contributed by atoms with Gasteiger partial charge in [0.2, 0.25) is 0 Å². The zero-order valence-electron chi connectivity index (χ0n) is 10.3. The summed E-state index contributed by atoms with van der Waals surface area (Å²) in [6, 6.07) is 7.95. The number of hydrogen-bond acceptors (Lipinski definition) is 2. The van der Waals surface area contributed by atoms with E-state index in [1.165, 1.54) is 0 Å². The van der Waals surface area contributed by atoms with Gasteiger partial charge in [0.05, 0.1) is 6.10 Å². The average Bonchev–Trinajstić information content (AvgIpc) is 2.79. The van der Waals surface area contributed by atoms with Crippen molar-refractivity contribution in [1.29, 1.82) is 0 Å². The number of ether oxygens (including phenoxy) is 1. The molecule has 1 amide bonds. The zero-order valence-corrected chi connectivity index (χ0v) is 10.3. The van der Waals surface area contributed by atoms with E-state index in [2.05, 4.69) is 10.3 Å². The van der Waals surface area contributed by atoms with Crippen molar-refractivity contribution in [2.24, 2.45) is 0 Å². The first kappa shape index (κ1) is 11.3. The smallest absolute Gasteiger partial charge is 0.251 e. The van der Waals surface area contributed by atoms with Crippen LogP contribution in [0, 0.1) is 0 Å². The van der Waals surface area contributed by atoms with Gasteiger partial charge in [-0.15, -0.1) is 0 Å². The number of H-pyrrole nitrogens is 1. The monoisotopic (exact) mass is 244 g/mol. The van der Waals surface area contributed by atoms with Gasteiger partial charge in [0.15, 0.2) is 0 Å². The molecule has 0 spiro atoms. The Morgan fingerprint density at radius 3 is 3.00 bits per heavy atom. The molecule has 18 heavy (non-hydrogen) atoms. The molecule has 1 aliphatic rings. The molecular weight excluding hydrogens is 228 g/mol. The highest BCUT2D eigenvalue weighted by molar-refractivity contribution is 5.98. The summed E-state index contributed by atoms with van der Waals surface area (Å²) in [6.45, 7) is 0. The maximum Gasteiger partial charge on any atom is 0.251 e. The van der Waals surface area contributed by atoms with E-state index in [4.69, 9.17) is 4.74 Å². The van der Waals surface area contributed by atoms with Gasteiger partial charge in [-0.25, -0.2) is 0 Å². The second-order valence-corrected chi connectivity index (χ2v) is 4.78. The van der Waals surface area contributed by atoms with Crippen LogP contribution in [-0.4, -0.2) is 30.1 Å². The van der Waals surface area contributed by atoms with Gasteiger partial charge in [0.1, 0.15) is 0 Å². The van der Waals surface area contributed by atoms with Crippen LogP contribution < -0.4 is 5.32 Å². The fraction of sp³-hybridized carbons (Fsp3) is 0.357. The lowest BCUT2D eigenvalue weighted by atomic mass is 9.89. The van der Waals surface area contributed by atoms with Gasteiger partial charge in [-0.3, -0.25) is 4.79 Å². The lowest BCUT2D eigenvalue weighted by molar-refractivity contribution is 0.0176. The molecule has 2 N–H and O–H groups in total. The molecular formula is C14H16N2O2. The van der Waals surface area contributed by atoms with Crippen LogP contribution in [0.25, 0.3) is 10.9 Å². The number of methoxy groups -OCH3 is 1. The van der Waals surface area contributed by atoms with E-state index >= 15 is 0 Å².